The molecule has 0 heterocycles. The highest BCUT2D eigenvalue weighted by Crippen LogP contribution is 2.24. The first-order valence-corrected chi connectivity index (χ1v) is 6.25. The van der Waals surface area contributed by atoms with Gasteiger partial charge in [0.25, 0.3) is 0 Å². The van der Waals surface area contributed by atoms with Crippen molar-refractivity contribution >= 4 is 12.4 Å². The van der Waals surface area contributed by atoms with E-state index in [1.54, 1.807) is 0 Å². The molecule has 1 fully saturated rings. The van der Waals surface area contributed by atoms with Crippen LogP contribution in [0.25, 0.3) is 0 Å². The minimum atomic E-state index is 0. The lowest BCUT2D eigenvalue weighted by Crippen LogP contribution is -2.18. The lowest BCUT2D eigenvalue weighted by Gasteiger charge is -2.14. The van der Waals surface area contributed by atoms with Crippen LogP contribution in [0, 0.1) is 0 Å². The molecule has 17 heavy (non-hydrogen) atoms. The number of halogens is 1. The van der Waals surface area contributed by atoms with Crippen LogP contribution in [0.5, 0.6) is 5.75 Å². The summed E-state index contributed by atoms with van der Waals surface area (Å²) in [5.41, 5.74) is 7.07. The van der Waals surface area contributed by atoms with E-state index in [4.69, 9.17) is 10.5 Å². The molecule has 1 unspecified atom stereocenters. The van der Waals surface area contributed by atoms with E-state index in [2.05, 4.69) is 18.2 Å². The van der Waals surface area contributed by atoms with Gasteiger partial charge in [0, 0.05) is 6.04 Å². The highest BCUT2D eigenvalue weighted by molar-refractivity contribution is 5.85. The molecule has 2 rings (SSSR count). The maximum absolute atomic E-state index is 5.96. The number of rotatable bonds is 4. The maximum Gasteiger partial charge on any atom is 0.119 e. The van der Waals surface area contributed by atoms with Gasteiger partial charge in [0.1, 0.15) is 5.75 Å². The monoisotopic (exact) mass is 255 g/mol. The Morgan fingerprint density at radius 3 is 2.71 bits per heavy atom. The van der Waals surface area contributed by atoms with Crippen LogP contribution < -0.4 is 10.5 Å². The van der Waals surface area contributed by atoms with E-state index in [1.807, 2.05) is 13.0 Å². The van der Waals surface area contributed by atoms with E-state index < -0.39 is 0 Å². The highest BCUT2D eigenvalue weighted by atomic mass is 35.5. The standard InChI is InChI=1S/C14H21NO.ClH/c1-11(15)9-12-5-4-8-14(10-12)16-13-6-2-3-7-13;/h4-5,8,10-11,13H,2-3,6-7,9,15H2,1H3;1H. The van der Waals surface area contributed by atoms with Crippen molar-refractivity contribution in [3.63, 3.8) is 0 Å². The predicted octanol–water partition coefficient (Wildman–Crippen LogP) is 3.32. The molecule has 1 aliphatic carbocycles. The average molecular weight is 256 g/mol. The van der Waals surface area contributed by atoms with Gasteiger partial charge in [-0.1, -0.05) is 12.1 Å². The summed E-state index contributed by atoms with van der Waals surface area (Å²) in [5, 5.41) is 0. The van der Waals surface area contributed by atoms with Crippen LogP contribution in [0.2, 0.25) is 0 Å². The molecule has 0 amide bonds. The van der Waals surface area contributed by atoms with Crippen molar-refractivity contribution in [3.8, 4) is 5.75 Å². The van der Waals surface area contributed by atoms with Crippen molar-refractivity contribution in [2.24, 2.45) is 5.73 Å². The second-order valence-electron chi connectivity index (χ2n) is 4.85. The fraction of sp³-hybridized carbons (Fsp3) is 0.571. The molecular weight excluding hydrogens is 234 g/mol. The van der Waals surface area contributed by atoms with Crippen molar-refractivity contribution in [2.45, 2.75) is 51.2 Å². The summed E-state index contributed by atoms with van der Waals surface area (Å²) in [5.74, 6) is 1.00. The summed E-state index contributed by atoms with van der Waals surface area (Å²) in [6.07, 6.45) is 6.39. The first-order chi connectivity index (χ1) is 7.74. The molecule has 3 heteroatoms. The zero-order valence-corrected chi connectivity index (χ0v) is 11.2. The Morgan fingerprint density at radius 2 is 2.06 bits per heavy atom. The van der Waals surface area contributed by atoms with Crippen molar-refractivity contribution in [2.75, 3.05) is 0 Å². The Balaban J connectivity index is 0.00000144. The molecule has 0 radical (unpaired) electrons. The third-order valence-electron chi connectivity index (χ3n) is 3.06. The van der Waals surface area contributed by atoms with Crippen LogP contribution in [-0.2, 0) is 6.42 Å². The van der Waals surface area contributed by atoms with Crippen molar-refractivity contribution in [1.82, 2.24) is 0 Å². The van der Waals surface area contributed by atoms with E-state index in [-0.39, 0.29) is 18.4 Å². The molecule has 1 aliphatic rings. The van der Waals surface area contributed by atoms with Gasteiger partial charge >= 0.3 is 0 Å². The topological polar surface area (TPSA) is 35.2 Å². The van der Waals surface area contributed by atoms with Crippen LogP contribution >= 0.6 is 12.4 Å². The first-order valence-electron chi connectivity index (χ1n) is 6.25. The summed E-state index contributed by atoms with van der Waals surface area (Å²) in [7, 11) is 0. The number of hydrogen-bond donors (Lipinski definition) is 1. The van der Waals surface area contributed by atoms with E-state index in [1.165, 1.54) is 31.2 Å². The lowest BCUT2D eigenvalue weighted by molar-refractivity contribution is 0.210. The molecule has 96 valence electrons. The van der Waals surface area contributed by atoms with E-state index in [0.29, 0.717) is 6.10 Å². The van der Waals surface area contributed by atoms with Crippen LogP contribution in [0.15, 0.2) is 24.3 Å². The summed E-state index contributed by atoms with van der Waals surface area (Å²) in [4.78, 5) is 0. The molecule has 0 spiro atoms. The highest BCUT2D eigenvalue weighted by Gasteiger charge is 2.16. The normalized spacial score (nSPS) is 17.5. The summed E-state index contributed by atoms with van der Waals surface area (Å²) in [6, 6.07) is 8.55. The van der Waals surface area contributed by atoms with Crippen molar-refractivity contribution < 1.29 is 4.74 Å². The predicted molar refractivity (Wildman–Crippen MR) is 73.9 cm³/mol. The summed E-state index contributed by atoms with van der Waals surface area (Å²) in [6.45, 7) is 2.03. The number of hydrogen-bond acceptors (Lipinski definition) is 2. The van der Waals surface area contributed by atoms with Gasteiger partial charge in [-0.15, -0.1) is 12.4 Å². The van der Waals surface area contributed by atoms with Crippen LogP contribution in [0.4, 0.5) is 0 Å². The molecule has 1 atom stereocenters. The Bertz CT molecular complexity index is 335. The van der Waals surface area contributed by atoms with Crippen LogP contribution in [0.3, 0.4) is 0 Å². The Morgan fingerprint density at radius 1 is 1.35 bits per heavy atom. The van der Waals surface area contributed by atoms with Gasteiger partial charge in [0.05, 0.1) is 6.10 Å². The van der Waals surface area contributed by atoms with Gasteiger partial charge in [-0.2, -0.15) is 0 Å². The Kier molecular flexibility index (Phi) is 5.79. The molecule has 0 bridgehead atoms. The lowest BCUT2D eigenvalue weighted by atomic mass is 10.1. The van der Waals surface area contributed by atoms with Gasteiger partial charge in [-0.3, -0.25) is 0 Å². The first kappa shape index (κ1) is 14.3. The smallest absolute Gasteiger partial charge is 0.119 e. The fourth-order valence-corrected chi connectivity index (χ4v) is 2.32. The number of benzene rings is 1. The maximum atomic E-state index is 5.96. The molecular formula is C14H22ClNO. The third kappa shape index (κ3) is 4.57. The molecule has 0 aromatic heterocycles. The minimum Gasteiger partial charge on any atom is -0.490 e. The fourth-order valence-electron chi connectivity index (χ4n) is 2.32. The Labute approximate surface area is 110 Å². The molecule has 0 saturated heterocycles. The number of ether oxygens (including phenoxy) is 1. The second-order valence-corrected chi connectivity index (χ2v) is 4.85. The summed E-state index contributed by atoms with van der Waals surface area (Å²) < 4.78 is 5.96. The third-order valence-corrected chi connectivity index (χ3v) is 3.06. The average Bonchev–Trinajstić information content (AvgIpc) is 2.70. The van der Waals surface area contributed by atoms with Gasteiger partial charge < -0.3 is 10.5 Å². The van der Waals surface area contributed by atoms with Gasteiger partial charge in [0.15, 0.2) is 0 Å². The van der Waals surface area contributed by atoms with Crippen molar-refractivity contribution in [1.29, 1.82) is 0 Å². The quantitative estimate of drug-likeness (QED) is 0.896. The van der Waals surface area contributed by atoms with E-state index >= 15 is 0 Å². The largest absolute Gasteiger partial charge is 0.490 e. The zero-order chi connectivity index (χ0) is 11.4. The Hall–Kier alpha value is -0.730. The van der Waals surface area contributed by atoms with Crippen LogP contribution in [-0.4, -0.2) is 12.1 Å². The van der Waals surface area contributed by atoms with E-state index in [0.717, 1.165) is 12.2 Å². The van der Waals surface area contributed by atoms with Crippen LogP contribution in [0.1, 0.15) is 38.2 Å². The minimum absolute atomic E-state index is 0. The molecule has 1 aromatic carbocycles. The molecule has 2 N–H and O–H groups in total. The van der Waals surface area contributed by atoms with E-state index in [9.17, 15) is 0 Å². The summed E-state index contributed by atoms with van der Waals surface area (Å²) >= 11 is 0. The molecule has 0 aliphatic heterocycles. The molecule has 2 nitrogen and oxygen atoms in total. The number of nitrogens with two attached hydrogens (primary N) is 1. The van der Waals surface area contributed by atoms with Gasteiger partial charge in [0.2, 0.25) is 0 Å². The second kappa shape index (κ2) is 6.87. The van der Waals surface area contributed by atoms with Gasteiger partial charge in [-0.25, -0.2) is 0 Å². The molecule has 1 saturated carbocycles. The van der Waals surface area contributed by atoms with Gasteiger partial charge in [-0.05, 0) is 56.7 Å². The zero-order valence-electron chi connectivity index (χ0n) is 10.4. The molecule has 1 aromatic rings. The SMILES string of the molecule is CC(N)Cc1cccc(OC2CCCC2)c1.Cl. The van der Waals surface area contributed by atoms with Crippen molar-refractivity contribution in [3.05, 3.63) is 29.8 Å².